The van der Waals surface area contributed by atoms with Crippen LogP contribution in [0.2, 0.25) is 0 Å². The summed E-state index contributed by atoms with van der Waals surface area (Å²) in [5.41, 5.74) is 4.28. The highest BCUT2D eigenvalue weighted by atomic mass is 16.2. The molecule has 0 atom stereocenters. The van der Waals surface area contributed by atoms with Crippen molar-refractivity contribution in [2.45, 2.75) is 6.54 Å². The summed E-state index contributed by atoms with van der Waals surface area (Å²) in [7, 11) is 0. The first-order chi connectivity index (χ1) is 9.84. The fourth-order valence-electron chi connectivity index (χ4n) is 2.79. The van der Waals surface area contributed by atoms with Crippen LogP contribution in [0.15, 0.2) is 59.7 Å². The average Bonchev–Trinajstić information content (AvgIpc) is 2.80. The van der Waals surface area contributed by atoms with E-state index in [2.05, 4.69) is 23.2 Å². The zero-order valence-electron chi connectivity index (χ0n) is 10.8. The maximum absolute atomic E-state index is 12.2. The summed E-state index contributed by atoms with van der Waals surface area (Å²) >= 11 is 0. The summed E-state index contributed by atoms with van der Waals surface area (Å²) in [5.74, 6) is -0.0814. The lowest BCUT2D eigenvalue weighted by Crippen LogP contribution is -2.09. The first-order valence-corrected chi connectivity index (χ1v) is 6.57. The van der Waals surface area contributed by atoms with Crippen molar-refractivity contribution in [1.29, 1.82) is 0 Å². The minimum Gasteiger partial charge on any atom is -0.283 e. The van der Waals surface area contributed by atoms with E-state index in [9.17, 15) is 4.79 Å². The molecule has 0 radical (unpaired) electrons. The number of hydrogen-bond donors (Lipinski definition) is 0. The molecule has 3 aromatic rings. The van der Waals surface area contributed by atoms with Crippen LogP contribution in [0, 0.1) is 0 Å². The van der Waals surface area contributed by atoms with Crippen molar-refractivity contribution >= 4 is 23.0 Å². The molecule has 0 aliphatic carbocycles. The molecule has 1 aliphatic rings. The topological polar surface area (TPSA) is 34.4 Å². The highest BCUT2D eigenvalue weighted by Gasteiger charge is 2.18. The minimum absolute atomic E-state index is 0.0814. The van der Waals surface area contributed by atoms with Crippen LogP contribution in [0.1, 0.15) is 10.4 Å². The highest BCUT2D eigenvalue weighted by Crippen LogP contribution is 2.33. The molecular weight excluding hydrogens is 248 g/mol. The molecule has 0 amide bonds. The Kier molecular flexibility index (Phi) is 2.33. The lowest BCUT2D eigenvalue weighted by atomic mass is 10.0. The maximum atomic E-state index is 12.2. The van der Waals surface area contributed by atoms with Crippen molar-refractivity contribution in [3.63, 3.8) is 0 Å². The third-order valence-corrected chi connectivity index (χ3v) is 3.69. The van der Waals surface area contributed by atoms with Crippen molar-refractivity contribution < 1.29 is 4.79 Å². The van der Waals surface area contributed by atoms with Crippen molar-refractivity contribution in [3.05, 3.63) is 60.3 Å². The molecule has 3 nitrogen and oxygen atoms in total. The Morgan fingerprint density at radius 2 is 1.85 bits per heavy atom. The fourth-order valence-corrected chi connectivity index (χ4v) is 2.79. The van der Waals surface area contributed by atoms with Gasteiger partial charge in [0.1, 0.15) is 0 Å². The summed E-state index contributed by atoms with van der Waals surface area (Å²) < 4.78 is 1.71. The SMILES string of the molecule is O=C1C=NCc2cccc3c(-c4ccccc4)cn1c23. The number of aliphatic imine (C=N–C) groups is 1. The zero-order chi connectivity index (χ0) is 13.5. The van der Waals surface area contributed by atoms with Gasteiger partial charge in [-0.2, -0.15) is 0 Å². The fraction of sp³-hybridized carbons (Fsp3) is 0.0588. The van der Waals surface area contributed by atoms with E-state index in [1.54, 1.807) is 4.57 Å². The number of carbonyl (C=O) groups excluding carboxylic acids is 1. The molecule has 2 aromatic carbocycles. The molecule has 1 aliphatic heterocycles. The molecule has 3 heteroatoms. The van der Waals surface area contributed by atoms with Gasteiger partial charge in [-0.3, -0.25) is 14.4 Å². The molecule has 20 heavy (non-hydrogen) atoms. The predicted molar refractivity (Wildman–Crippen MR) is 80.2 cm³/mol. The first kappa shape index (κ1) is 11.2. The second-order valence-corrected chi connectivity index (χ2v) is 4.90. The number of hydrogen-bond acceptors (Lipinski definition) is 2. The minimum atomic E-state index is -0.0814. The van der Waals surface area contributed by atoms with E-state index < -0.39 is 0 Å². The predicted octanol–water partition coefficient (Wildman–Crippen LogP) is 3.53. The lowest BCUT2D eigenvalue weighted by Gasteiger charge is -2.02. The summed E-state index contributed by atoms with van der Waals surface area (Å²) in [5, 5.41) is 1.10. The Bertz CT molecular complexity index is 844. The van der Waals surface area contributed by atoms with E-state index in [0.29, 0.717) is 6.54 Å². The van der Waals surface area contributed by atoms with E-state index in [0.717, 1.165) is 27.6 Å². The third-order valence-electron chi connectivity index (χ3n) is 3.69. The molecule has 2 heterocycles. The number of benzene rings is 2. The highest BCUT2D eigenvalue weighted by molar-refractivity contribution is 6.30. The number of para-hydroxylation sites is 1. The van der Waals surface area contributed by atoms with Crippen LogP contribution >= 0.6 is 0 Å². The van der Waals surface area contributed by atoms with Crippen LogP contribution in [-0.4, -0.2) is 16.7 Å². The monoisotopic (exact) mass is 260 g/mol. The Morgan fingerprint density at radius 3 is 2.70 bits per heavy atom. The van der Waals surface area contributed by atoms with E-state index >= 15 is 0 Å². The zero-order valence-corrected chi connectivity index (χ0v) is 10.8. The first-order valence-electron chi connectivity index (χ1n) is 6.57. The van der Waals surface area contributed by atoms with Gasteiger partial charge in [0.25, 0.3) is 5.91 Å². The van der Waals surface area contributed by atoms with Gasteiger partial charge in [-0.05, 0) is 11.1 Å². The molecule has 1 aromatic heterocycles. The second kappa shape index (κ2) is 4.17. The van der Waals surface area contributed by atoms with E-state index in [4.69, 9.17) is 0 Å². The van der Waals surface area contributed by atoms with Gasteiger partial charge in [-0.25, -0.2) is 0 Å². The molecule has 0 fully saturated rings. The quantitative estimate of drug-likeness (QED) is 0.659. The van der Waals surface area contributed by atoms with E-state index in [1.165, 1.54) is 6.21 Å². The molecule has 0 bridgehead atoms. The van der Waals surface area contributed by atoms with Gasteiger partial charge < -0.3 is 0 Å². The van der Waals surface area contributed by atoms with Crippen molar-refractivity contribution in [2.24, 2.45) is 4.99 Å². The number of rotatable bonds is 1. The molecule has 0 saturated heterocycles. The maximum Gasteiger partial charge on any atom is 0.273 e. The van der Waals surface area contributed by atoms with Crippen molar-refractivity contribution in [1.82, 2.24) is 4.57 Å². The van der Waals surface area contributed by atoms with Gasteiger partial charge in [-0.15, -0.1) is 0 Å². The number of nitrogens with zero attached hydrogens (tertiary/aromatic N) is 2. The smallest absolute Gasteiger partial charge is 0.273 e. The number of carbonyl (C=O) groups is 1. The van der Waals surface area contributed by atoms with Crippen molar-refractivity contribution in [2.75, 3.05) is 0 Å². The van der Waals surface area contributed by atoms with Gasteiger partial charge in [0.15, 0.2) is 0 Å². The largest absolute Gasteiger partial charge is 0.283 e. The Balaban J connectivity index is 2.10. The standard InChI is InChI=1S/C17H12N2O/c20-16-10-18-9-13-7-4-8-14-15(11-19(16)17(13)14)12-5-2-1-3-6-12/h1-8,10-11H,9H2. The van der Waals surface area contributed by atoms with Gasteiger partial charge in [0.2, 0.25) is 0 Å². The van der Waals surface area contributed by atoms with Gasteiger partial charge in [0, 0.05) is 17.1 Å². The summed E-state index contributed by atoms with van der Waals surface area (Å²) in [6.07, 6.45) is 3.33. The van der Waals surface area contributed by atoms with Gasteiger partial charge in [-0.1, -0.05) is 48.5 Å². The molecular formula is C17H12N2O. The summed E-state index contributed by atoms with van der Waals surface area (Å²) in [6.45, 7) is 0.557. The third kappa shape index (κ3) is 1.53. The van der Waals surface area contributed by atoms with Crippen LogP contribution in [0.3, 0.4) is 0 Å². The molecule has 0 unspecified atom stereocenters. The number of aromatic nitrogens is 1. The van der Waals surface area contributed by atoms with Crippen LogP contribution in [0.25, 0.3) is 22.0 Å². The molecule has 0 spiro atoms. The summed E-state index contributed by atoms with van der Waals surface area (Å²) in [6, 6.07) is 16.3. The normalized spacial score (nSPS) is 13.7. The summed E-state index contributed by atoms with van der Waals surface area (Å²) in [4.78, 5) is 16.3. The van der Waals surface area contributed by atoms with E-state index in [1.807, 2.05) is 36.5 Å². The van der Waals surface area contributed by atoms with Crippen molar-refractivity contribution in [3.8, 4) is 11.1 Å². The Hall–Kier alpha value is -2.68. The second-order valence-electron chi connectivity index (χ2n) is 4.90. The van der Waals surface area contributed by atoms with Crippen LogP contribution in [0.4, 0.5) is 0 Å². The Morgan fingerprint density at radius 1 is 1.00 bits per heavy atom. The molecule has 96 valence electrons. The van der Waals surface area contributed by atoms with E-state index in [-0.39, 0.29) is 5.91 Å². The average molecular weight is 260 g/mol. The van der Waals surface area contributed by atoms with Crippen LogP contribution in [0.5, 0.6) is 0 Å². The van der Waals surface area contributed by atoms with Gasteiger partial charge in [0.05, 0.1) is 18.3 Å². The molecule has 4 rings (SSSR count). The lowest BCUT2D eigenvalue weighted by molar-refractivity contribution is 0.100. The Labute approximate surface area is 116 Å². The van der Waals surface area contributed by atoms with Crippen LogP contribution < -0.4 is 0 Å². The van der Waals surface area contributed by atoms with Crippen LogP contribution in [-0.2, 0) is 6.54 Å². The van der Waals surface area contributed by atoms with Gasteiger partial charge >= 0.3 is 0 Å². The molecule has 0 N–H and O–H groups in total. The molecule has 0 saturated carbocycles.